The zero-order valence-electron chi connectivity index (χ0n) is 12.2. The normalized spacial score (nSPS) is 17.8. The van der Waals surface area contributed by atoms with Crippen molar-refractivity contribution in [1.29, 1.82) is 0 Å². The lowest BCUT2D eigenvalue weighted by Crippen LogP contribution is -2.35. The minimum Gasteiger partial charge on any atom is -0.314 e. The standard InChI is InChI=1S/C17H26ClN/c1-3-19-17(15-6-4-5-7-15)11-10-14-9-8-13(2)12-16(14)18/h8-9,12,15,17,19H,3-7,10-11H2,1-2H3. The van der Waals surface area contributed by atoms with Crippen LogP contribution in [0.4, 0.5) is 0 Å². The van der Waals surface area contributed by atoms with Gasteiger partial charge in [0.2, 0.25) is 0 Å². The minimum atomic E-state index is 0.671. The van der Waals surface area contributed by atoms with Crippen molar-refractivity contribution in [1.82, 2.24) is 5.32 Å². The second kappa shape index (κ2) is 7.31. The molecule has 1 atom stereocenters. The van der Waals surface area contributed by atoms with E-state index in [2.05, 4.69) is 37.4 Å². The molecule has 1 nitrogen and oxygen atoms in total. The summed E-state index contributed by atoms with van der Waals surface area (Å²) in [5, 5.41) is 4.61. The second-order valence-corrected chi connectivity index (χ2v) is 6.25. The number of rotatable bonds is 6. The molecule has 1 aromatic carbocycles. The summed E-state index contributed by atoms with van der Waals surface area (Å²) in [4.78, 5) is 0. The van der Waals surface area contributed by atoms with Crippen LogP contribution in [0.3, 0.4) is 0 Å². The van der Waals surface area contributed by atoms with Crippen LogP contribution in [0.15, 0.2) is 18.2 Å². The Labute approximate surface area is 122 Å². The Hall–Kier alpha value is -0.530. The van der Waals surface area contributed by atoms with Gasteiger partial charge in [-0.15, -0.1) is 0 Å². The van der Waals surface area contributed by atoms with Gasteiger partial charge in [0, 0.05) is 11.1 Å². The predicted molar refractivity (Wildman–Crippen MR) is 83.9 cm³/mol. The molecule has 0 radical (unpaired) electrons. The molecule has 1 aliphatic carbocycles. The van der Waals surface area contributed by atoms with Crippen LogP contribution < -0.4 is 5.32 Å². The van der Waals surface area contributed by atoms with Crippen LogP contribution in [-0.4, -0.2) is 12.6 Å². The van der Waals surface area contributed by atoms with E-state index in [1.54, 1.807) is 0 Å². The number of halogens is 1. The maximum absolute atomic E-state index is 6.33. The monoisotopic (exact) mass is 279 g/mol. The van der Waals surface area contributed by atoms with Crippen LogP contribution in [0, 0.1) is 12.8 Å². The maximum Gasteiger partial charge on any atom is 0.0440 e. The number of hydrogen-bond acceptors (Lipinski definition) is 1. The molecule has 1 aromatic rings. The van der Waals surface area contributed by atoms with Crippen LogP contribution in [-0.2, 0) is 6.42 Å². The fourth-order valence-electron chi connectivity index (χ4n) is 3.29. The summed E-state index contributed by atoms with van der Waals surface area (Å²) in [5.41, 5.74) is 2.54. The third-order valence-electron chi connectivity index (χ3n) is 4.37. The van der Waals surface area contributed by atoms with Gasteiger partial charge < -0.3 is 5.32 Å². The van der Waals surface area contributed by atoms with Crippen molar-refractivity contribution in [2.45, 2.75) is 58.4 Å². The molecule has 1 unspecified atom stereocenters. The highest BCUT2D eigenvalue weighted by Gasteiger charge is 2.24. The van der Waals surface area contributed by atoms with Gasteiger partial charge in [0.05, 0.1) is 0 Å². The average Bonchev–Trinajstić information content (AvgIpc) is 2.90. The van der Waals surface area contributed by atoms with Gasteiger partial charge in [-0.1, -0.05) is 43.5 Å². The van der Waals surface area contributed by atoms with Crippen molar-refractivity contribution in [2.24, 2.45) is 5.92 Å². The molecule has 0 spiro atoms. The van der Waals surface area contributed by atoms with Crippen LogP contribution in [0.5, 0.6) is 0 Å². The van der Waals surface area contributed by atoms with Crippen LogP contribution in [0.25, 0.3) is 0 Å². The second-order valence-electron chi connectivity index (χ2n) is 5.84. The van der Waals surface area contributed by atoms with Crippen molar-refractivity contribution < 1.29 is 0 Å². The lowest BCUT2D eigenvalue weighted by Gasteiger charge is -2.24. The summed E-state index contributed by atoms with van der Waals surface area (Å²) < 4.78 is 0. The zero-order valence-corrected chi connectivity index (χ0v) is 13.0. The highest BCUT2D eigenvalue weighted by Crippen LogP contribution is 2.30. The van der Waals surface area contributed by atoms with Crippen molar-refractivity contribution in [2.75, 3.05) is 6.54 Å². The molecule has 0 bridgehead atoms. The van der Waals surface area contributed by atoms with Gasteiger partial charge in [-0.05, 0) is 62.3 Å². The summed E-state index contributed by atoms with van der Waals surface area (Å²) in [5.74, 6) is 0.879. The predicted octanol–water partition coefficient (Wildman–Crippen LogP) is 4.75. The molecule has 2 heteroatoms. The van der Waals surface area contributed by atoms with Gasteiger partial charge in [0.25, 0.3) is 0 Å². The minimum absolute atomic E-state index is 0.671. The molecule has 0 saturated heterocycles. The van der Waals surface area contributed by atoms with E-state index < -0.39 is 0 Å². The molecule has 0 heterocycles. The third-order valence-corrected chi connectivity index (χ3v) is 4.72. The molecule has 1 saturated carbocycles. The van der Waals surface area contributed by atoms with Crippen molar-refractivity contribution in [3.05, 3.63) is 34.3 Å². The van der Waals surface area contributed by atoms with Gasteiger partial charge in [0.1, 0.15) is 0 Å². The zero-order chi connectivity index (χ0) is 13.7. The topological polar surface area (TPSA) is 12.0 Å². The van der Waals surface area contributed by atoms with Crippen LogP contribution >= 0.6 is 11.6 Å². The highest BCUT2D eigenvalue weighted by molar-refractivity contribution is 6.31. The van der Waals surface area contributed by atoms with E-state index in [0.717, 1.165) is 23.9 Å². The SMILES string of the molecule is CCNC(CCc1ccc(C)cc1Cl)C1CCCC1. The molecular formula is C17H26ClN. The summed E-state index contributed by atoms with van der Waals surface area (Å²) >= 11 is 6.33. The van der Waals surface area contributed by atoms with Crippen molar-refractivity contribution in [3.63, 3.8) is 0 Å². The van der Waals surface area contributed by atoms with Crippen molar-refractivity contribution in [3.8, 4) is 0 Å². The van der Waals surface area contributed by atoms with E-state index >= 15 is 0 Å². The third kappa shape index (κ3) is 4.22. The number of hydrogen-bond donors (Lipinski definition) is 1. The Balaban J connectivity index is 1.93. The van der Waals surface area contributed by atoms with Gasteiger partial charge >= 0.3 is 0 Å². The molecule has 1 aliphatic rings. The van der Waals surface area contributed by atoms with Crippen LogP contribution in [0.1, 0.15) is 50.2 Å². The van der Waals surface area contributed by atoms with Gasteiger partial charge in [-0.2, -0.15) is 0 Å². The van der Waals surface area contributed by atoms with Crippen molar-refractivity contribution >= 4 is 11.6 Å². The quantitative estimate of drug-likeness (QED) is 0.792. The molecule has 0 amide bonds. The van der Waals surface area contributed by atoms with Gasteiger partial charge in [0.15, 0.2) is 0 Å². The fourth-order valence-corrected chi connectivity index (χ4v) is 3.62. The van der Waals surface area contributed by atoms with E-state index in [0.29, 0.717) is 6.04 Å². The smallest absolute Gasteiger partial charge is 0.0440 e. The Kier molecular flexibility index (Phi) is 5.72. The lowest BCUT2D eigenvalue weighted by atomic mass is 9.92. The Bertz CT molecular complexity index is 396. The first-order chi connectivity index (χ1) is 9.20. The molecule has 2 rings (SSSR count). The molecular weight excluding hydrogens is 254 g/mol. The molecule has 0 aromatic heterocycles. The molecule has 1 N–H and O–H groups in total. The summed E-state index contributed by atoms with van der Waals surface area (Å²) in [7, 11) is 0. The molecule has 1 fully saturated rings. The average molecular weight is 280 g/mol. The van der Waals surface area contributed by atoms with Gasteiger partial charge in [-0.3, -0.25) is 0 Å². The Morgan fingerprint density at radius 1 is 1.32 bits per heavy atom. The van der Waals surface area contributed by atoms with Crippen LogP contribution in [0.2, 0.25) is 5.02 Å². The lowest BCUT2D eigenvalue weighted by molar-refractivity contribution is 0.346. The van der Waals surface area contributed by atoms with E-state index in [1.165, 1.54) is 43.2 Å². The largest absolute Gasteiger partial charge is 0.314 e. The number of nitrogens with one attached hydrogen (secondary N) is 1. The molecule has 0 aliphatic heterocycles. The summed E-state index contributed by atoms with van der Waals surface area (Å²) in [6, 6.07) is 7.10. The summed E-state index contributed by atoms with van der Waals surface area (Å²) in [6.45, 7) is 5.37. The number of benzene rings is 1. The van der Waals surface area contributed by atoms with E-state index in [4.69, 9.17) is 11.6 Å². The van der Waals surface area contributed by atoms with E-state index in [1.807, 2.05) is 0 Å². The highest BCUT2D eigenvalue weighted by atomic mass is 35.5. The van der Waals surface area contributed by atoms with E-state index in [-0.39, 0.29) is 0 Å². The maximum atomic E-state index is 6.33. The fraction of sp³-hybridized carbons (Fsp3) is 0.647. The first-order valence-corrected chi connectivity index (χ1v) is 8.07. The summed E-state index contributed by atoms with van der Waals surface area (Å²) in [6.07, 6.45) is 7.93. The first-order valence-electron chi connectivity index (χ1n) is 7.69. The number of aryl methyl sites for hydroxylation is 2. The van der Waals surface area contributed by atoms with E-state index in [9.17, 15) is 0 Å². The first kappa shape index (κ1) is 14.9. The molecule has 19 heavy (non-hydrogen) atoms. The Morgan fingerprint density at radius 2 is 2.05 bits per heavy atom. The van der Waals surface area contributed by atoms with Gasteiger partial charge in [-0.25, -0.2) is 0 Å². The molecule has 106 valence electrons. The Morgan fingerprint density at radius 3 is 2.68 bits per heavy atom.